The third kappa shape index (κ3) is 3.78. The number of imidazole rings is 1. The Morgan fingerprint density at radius 1 is 0.974 bits per heavy atom. The van der Waals surface area contributed by atoms with Gasteiger partial charge in [-0.1, -0.05) is 24.3 Å². The molecule has 9 heteroatoms. The van der Waals surface area contributed by atoms with Gasteiger partial charge in [0.2, 0.25) is 0 Å². The van der Waals surface area contributed by atoms with Crippen LogP contribution >= 0.6 is 0 Å². The summed E-state index contributed by atoms with van der Waals surface area (Å²) in [6, 6.07) is 19.3. The number of nitriles is 1. The molecule has 0 radical (unpaired) electrons. The molecule has 0 atom stereocenters. The lowest BCUT2D eigenvalue weighted by molar-refractivity contribution is 0.586. The number of aryl methyl sites for hydroxylation is 1. The first-order valence-corrected chi connectivity index (χ1v) is 14.5. The van der Waals surface area contributed by atoms with Gasteiger partial charge in [0.25, 0.3) is 0 Å². The van der Waals surface area contributed by atoms with Gasteiger partial charge in [-0.25, -0.2) is 13.2 Å². The highest BCUT2D eigenvalue weighted by Gasteiger charge is 2.53. The third-order valence-corrected chi connectivity index (χ3v) is 10.0. The molecule has 1 saturated carbocycles. The van der Waals surface area contributed by atoms with E-state index < -0.39 is 20.0 Å². The minimum atomic E-state index is -3.23. The largest absolute Gasteiger partial charge is 0.333 e. The summed E-state index contributed by atoms with van der Waals surface area (Å²) in [5.74, 6) is 0. The molecule has 39 heavy (non-hydrogen) atoms. The molecular formula is C30H27N5O3S. The van der Waals surface area contributed by atoms with E-state index >= 15 is 0 Å². The summed E-state index contributed by atoms with van der Waals surface area (Å²) in [7, 11) is -1.52. The molecule has 3 aromatic heterocycles. The van der Waals surface area contributed by atoms with Gasteiger partial charge in [0.05, 0.1) is 50.4 Å². The fraction of sp³-hybridized carbons (Fsp3) is 0.267. The standard InChI is InChI=1S/C30H27N5O3S/c1-29(2,18-31)26-12-6-20(16-33-26)19-5-11-24-23(15-19)27-25(17-32-24)34(3)28(36)35(27)22-9-7-21(8-10-22)30(13-14-30)39(4,37)38/h5-12,15-17H,13-14H2,1-4H3. The van der Waals surface area contributed by atoms with Gasteiger partial charge in [0, 0.05) is 30.4 Å². The van der Waals surface area contributed by atoms with Gasteiger partial charge in [-0.3, -0.25) is 19.1 Å². The van der Waals surface area contributed by atoms with Crippen molar-refractivity contribution in [3.63, 3.8) is 0 Å². The first kappa shape index (κ1) is 25.0. The van der Waals surface area contributed by atoms with Crippen LogP contribution in [0.4, 0.5) is 0 Å². The summed E-state index contributed by atoms with van der Waals surface area (Å²) in [4.78, 5) is 22.6. The quantitative estimate of drug-likeness (QED) is 0.319. The summed E-state index contributed by atoms with van der Waals surface area (Å²) >= 11 is 0. The lowest BCUT2D eigenvalue weighted by Crippen LogP contribution is -2.21. The maximum Gasteiger partial charge on any atom is 0.333 e. The van der Waals surface area contributed by atoms with Gasteiger partial charge >= 0.3 is 5.69 Å². The van der Waals surface area contributed by atoms with Gasteiger partial charge < -0.3 is 0 Å². The van der Waals surface area contributed by atoms with E-state index in [9.17, 15) is 18.5 Å². The fourth-order valence-corrected chi connectivity index (χ4v) is 6.72. The zero-order chi connectivity index (χ0) is 27.7. The predicted octanol–water partition coefficient (Wildman–Crippen LogP) is 4.77. The molecule has 0 saturated heterocycles. The van der Waals surface area contributed by atoms with E-state index in [2.05, 4.69) is 16.0 Å². The molecule has 1 aliphatic rings. The molecule has 0 unspecified atom stereocenters. The van der Waals surface area contributed by atoms with Crippen LogP contribution in [0.3, 0.4) is 0 Å². The van der Waals surface area contributed by atoms with Crippen molar-refractivity contribution in [2.45, 2.75) is 36.9 Å². The van der Waals surface area contributed by atoms with Crippen LogP contribution in [0.15, 0.2) is 71.8 Å². The van der Waals surface area contributed by atoms with Crippen molar-refractivity contribution in [3.05, 3.63) is 88.7 Å². The average molecular weight is 538 g/mol. The smallest absolute Gasteiger partial charge is 0.293 e. The molecule has 0 aliphatic heterocycles. The summed E-state index contributed by atoms with van der Waals surface area (Å²) in [6.07, 6.45) is 5.97. The molecule has 2 aromatic carbocycles. The Hall–Kier alpha value is -4.29. The second-order valence-electron chi connectivity index (χ2n) is 10.9. The van der Waals surface area contributed by atoms with Crippen LogP contribution in [0.25, 0.3) is 38.8 Å². The third-order valence-electron chi connectivity index (χ3n) is 7.97. The Balaban J connectivity index is 1.51. The van der Waals surface area contributed by atoms with Crippen LogP contribution in [0.1, 0.15) is 37.9 Å². The molecule has 1 aliphatic carbocycles. The summed E-state index contributed by atoms with van der Waals surface area (Å²) in [5.41, 5.74) is 5.15. The van der Waals surface area contributed by atoms with Crippen molar-refractivity contribution >= 4 is 31.8 Å². The van der Waals surface area contributed by atoms with Crippen molar-refractivity contribution in [3.8, 4) is 22.9 Å². The Morgan fingerprint density at radius 2 is 1.67 bits per heavy atom. The topological polar surface area (TPSA) is 111 Å². The number of benzene rings is 2. The highest BCUT2D eigenvalue weighted by atomic mass is 32.2. The number of rotatable bonds is 5. The summed E-state index contributed by atoms with van der Waals surface area (Å²) in [5, 5.41) is 10.2. The van der Waals surface area contributed by atoms with Crippen LogP contribution in [0.5, 0.6) is 0 Å². The van der Waals surface area contributed by atoms with E-state index in [-0.39, 0.29) is 5.69 Å². The summed E-state index contributed by atoms with van der Waals surface area (Å²) in [6.45, 7) is 3.67. The highest BCUT2D eigenvalue weighted by molar-refractivity contribution is 7.92. The molecule has 0 amide bonds. The minimum absolute atomic E-state index is 0.216. The number of nitrogens with zero attached hydrogens (tertiary/aromatic N) is 5. The van der Waals surface area contributed by atoms with Crippen LogP contribution in [-0.4, -0.2) is 33.8 Å². The molecule has 8 nitrogen and oxygen atoms in total. The number of hydrogen-bond donors (Lipinski definition) is 0. The first-order valence-electron chi connectivity index (χ1n) is 12.7. The molecule has 6 rings (SSSR count). The van der Waals surface area contributed by atoms with E-state index in [1.807, 2.05) is 68.4 Å². The second-order valence-corrected chi connectivity index (χ2v) is 13.2. The van der Waals surface area contributed by atoms with Crippen molar-refractivity contribution < 1.29 is 8.42 Å². The molecule has 3 heterocycles. The van der Waals surface area contributed by atoms with E-state index in [4.69, 9.17) is 0 Å². The average Bonchev–Trinajstić information content (AvgIpc) is 3.71. The minimum Gasteiger partial charge on any atom is -0.293 e. The number of fused-ring (bicyclic) bond motifs is 3. The van der Waals surface area contributed by atoms with Crippen molar-refractivity contribution in [1.29, 1.82) is 5.26 Å². The lowest BCUT2D eigenvalue weighted by atomic mass is 9.90. The van der Waals surface area contributed by atoms with Crippen molar-refractivity contribution in [2.75, 3.05) is 6.26 Å². The molecule has 0 spiro atoms. The van der Waals surface area contributed by atoms with Gasteiger partial charge in [0.15, 0.2) is 9.84 Å². The highest BCUT2D eigenvalue weighted by Crippen LogP contribution is 2.52. The van der Waals surface area contributed by atoms with Gasteiger partial charge in [-0.05, 0) is 68.1 Å². The van der Waals surface area contributed by atoms with Crippen LogP contribution < -0.4 is 5.69 Å². The van der Waals surface area contributed by atoms with Crippen molar-refractivity contribution in [1.82, 2.24) is 19.1 Å². The zero-order valence-electron chi connectivity index (χ0n) is 22.1. The van der Waals surface area contributed by atoms with E-state index in [1.54, 1.807) is 28.6 Å². The Kier molecular flexibility index (Phi) is 5.36. The molecular weight excluding hydrogens is 510 g/mol. The van der Waals surface area contributed by atoms with E-state index in [0.717, 1.165) is 33.1 Å². The Morgan fingerprint density at radius 3 is 2.26 bits per heavy atom. The molecule has 196 valence electrons. The zero-order valence-corrected chi connectivity index (χ0v) is 23.0. The molecule has 5 aromatic rings. The lowest BCUT2D eigenvalue weighted by Gasteiger charge is -2.15. The number of sulfone groups is 1. The van der Waals surface area contributed by atoms with Gasteiger partial charge in [0.1, 0.15) is 0 Å². The Bertz CT molecular complexity index is 1990. The first-order chi connectivity index (χ1) is 18.5. The normalized spacial score (nSPS) is 14.9. The van der Waals surface area contributed by atoms with Crippen LogP contribution in [0, 0.1) is 11.3 Å². The SMILES string of the molecule is Cn1c(=O)n(-c2ccc(C3(S(C)(=O)=O)CC3)cc2)c2c3cc(-c4ccc(C(C)(C)C#N)nc4)ccc3ncc21. The van der Waals surface area contributed by atoms with Crippen LogP contribution in [-0.2, 0) is 27.0 Å². The fourth-order valence-electron chi connectivity index (χ4n) is 5.31. The van der Waals surface area contributed by atoms with Crippen molar-refractivity contribution in [2.24, 2.45) is 7.05 Å². The molecule has 0 N–H and O–H groups in total. The van der Waals surface area contributed by atoms with E-state index in [1.165, 1.54) is 6.26 Å². The van der Waals surface area contributed by atoms with E-state index in [0.29, 0.717) is 29.7 Å². The van der Waals surface area contributed by atoms with Gasteiger partial charge in [-0.2, -0.15) is 5.26 Å². The van der Waals surface area contributed by atoms with Crippen LogP contribution in [0.2, 0.25) is 0 Å². The monoisotopic (exact) mass is 537 g/mol. The number of aromatic nitrogens is 4. The molecule has 0 bridgehead atoms. The number of pyridine rings is 2. The van der Waals surface area contributed by atoms with Gasteiger partial charge in [-0.15, -0.1) is 0 Å². The summed E-state index contributed by atoms with van der Waals surface area (Å²) < 4.78 is 27.2. The second kappa shape index (κ2) is 8.35. The Labute approximate surface area is 226 Å². The maximum atomic E-state index is 13.5. The number of hydrogen-bond acceptors (Lipinski definition) is 6. The maximum absolute atomic E-state index is 13.5. The molecule has 1 fully saturated rings. The predicted molar refractivity (Wildman–Crippen MR) is 151 cm³/mol.